The Kier molecular flexibility index (Phi) is 4.12. The van der Waals surface area contributed by atoms with Gasteiger partial charge in [-0.2, -0.15) is 0 Å². The van der Waals surface area contributed by atoms with E-state index >= 15 is 0 Å². The Morgan fingerprint density at radius 3 is 2.50 bits per heavy atom. The second-order valence-corrected chi connectivity index (χ2v) is 4.33. The molecule has 4 heteroatoms. The van der Waals surface area contributed by atoms with Crippen LogP contribution < -0.4 is 0 Å². The zero-order valence-electron chi connectivity index (χ0n) is 10.2. The number of carbonyl (C=O) groups excluding carboxylic acids is 1. The Labute approximate surface area is 95.9 Å². The van der Waals surface area contributed by atoms with E-state index in [1.54, 1.807) is 17.9 Å². The van der Waals surface area contributed by atoms with Gasteiger partial charge in [0, 0.05) is 18.2 Å². The lowest BCUT2D eigenvalue weighted by atomic mass is 10.2. The summed E-state index contributed by atoms with van der Waals surface area (Å²) in [6.07, 6.45) is 0.963. The van der Waals surface area contributed by atoms with Crippen LogP contribution in [0.4, 0.5) is 0 Å². The van der Waals surface area contributed by atoms with Gasteiger partial charge < -0.3 is 14.4 Å². The number of rotatable bonds is 4. The van der Waals surface area contributed by atoms with Gasteiger partial charge in [0.05, 0.1) is 12.4 Å². The van der Waals surface area contributed by atoms with Crippen LogP contribution in [-0.4, -0.2) is 34.6 Å². The summed E-state index contributed by atoms with van der Waals surface area (Å²) in [7, 11) is 0. The quantitative estimate of drug-likeness (QED) is 0.850. The van der Waals surface area contributed by atoms with Crippen molar-refractivity contribution in [3.63, 3.8) is 0 Å². The van der Waals surface area contributed by atoms with Crippen LogP contribution in [0.3, 0.4) is 0 Å². The molecule has 1 N–H and O–H groups in total. The summed E-state index contributed by atoms with van der Waals surface area (Å²) in [5, 5.41) is 9.36. The van der Waals surface area contributed by atoms with Gasteiger partial charge >= 0.3 is 0 Å². The van der Waals surface area contributed by atoms with E-state index < -0.39 is 6.10 Å². The highest BCUT2D eigenvalue weighted by Gasteiger charge is 2.23. The number of hydrogen-bond acceptors (Lipinski definition) is 3. The maximum absolute atomic E-state index is 12.1. The molecular formula is C12H19NO3. The topological polar surface area (TPSA) is 53.7 Å². The summed E-state index contributed by atoms with van der Waals surface area (Å²) in [4.78, 5) is 13.7. The maximum Gasteiger partial charge on any atom is 0.290 e. The molecule has 16 heavy (non-hydrogen) atoms. The van der Waals surface area contributed by atoms with Crippen LogP contribution in [0, 0.1) is 6.92 Å². The van der Waals surface area contributed by atoms with Gasteiger partial charge in [0.2, 0.25) is 0 Å². The molecule has 0 radical (unpaired) electrons. The second kappa shape index (κ2) is 5.16. The normalized spacial score (nSPS) is 12.9. The fourth-order valence-corrected chi connectivity index (χ4v) is 1.54. The molecule has 0 aliphatic carbocycles. The van der Waals surface area contributed by atoms with Crippen LogP contribution >= 0.6 is 0 Å². The molecule has 0 saturated carbocycles. The molecule has 1 heterocycles. The summed E-state index contributed by atoms with van der Waals surface area (Å²) in [5.41, 5.74) is 0.821. The number of hydrogen-bond donors (Lipinski definition) is 1. The highest BCUT2D eigenvalue weighted by atomic mass is 16.3. The van der Waals surface area contributed by atoms with E-state index in [-0.39, 0.29) is 11.9 Å². The average molecular weight is 225 g/mol. The molecule has 0 spiro atoms. The molecule has 4 nitrogen and oxygen atoms in total. The van der Waals surface area contributed by atoms with Crippen LogP contribution in [0.2, 0.25) is 0 Å². The van der Waals surface area contributed by atoms with Crippen LogP contribution in [-0.2, 0) is 0 Å². The third kappa shape index (κ3) is 2.85. The highest BCUT2D eigenvalue weighted by Crippen LogP contribution is 2.14. The third-order valence-corrected chi connectivity index (χ3v) is 2.40. The first-order valence-electron chi connectivity index (χ1n) is 5.46. The number of nitrogens with zero attached hydrogens (tertiary/aromatic N) is 1. The molecule has 1 aromatic heterocycles. The number of carbonyl (C=O) groups is 1. The molecule has 0 saturated heterocycles. The van der Waals surface area contributed by atoms with Gasteiger partial charge in [-0.25, -0.2) is 0 Å². The predicted octanol–water partition coefficient (Wildman–Crippen LogP) is 1.82. The summed E-state index contributed by atoms with van der Waals surface area (Å²) in [6.45, 7) is 7.64. The number of amides is 1. The monoisotopic (exact) mass is 225 g/mol. The van der Waals surface area contributed by atoms with Crippen LogP contribution in [0.1, 0.15) is 36.9 Å². The SMILES string of the molecule is Cc1ccoc1C(=O)N(CC(C)O)C(C)C. The van der Waals surface area contributed by atoms with E-state index in [1.807, 2.05) is 20.8 Å². The summed E-state index contributed by atoms with van der Waals surface area (Å²) in [5.74, 6) is 0.188. The van der Waals surface area contributed by atoms with Crippen molar-refractivity contribution in [2.75, 3.05) is 6.54 Å². The van der Waals surface area contributed by atoms with E-state index in [2.05, 4.69) is 0 Å². The average Bonchev–Trinajstić information content (AvgIpc) is 2.59. The van der Waals surface area contributed by atoms with Crippen molar-refractivity contribution >= 4 is 5.91 Å². The number of aliphatic hydroxyl groups excluding tert-OH is 1. The standard InChI is InChI=1S/C12H19NO3/c1-8(2)13(7-10(4)14)12(15)11-9(3)5-6-16-11/h5-6,8,10,14H,7H2,1-4H3. The molecule has 1 amide bonds. The molecule has 90 valence electrons. The predicted molar refractivity (Wildman–Crippen MR) is 61.3 cm³/mol. The maximum atomic E-state index is 12.1. The first kappa shape index (κ1) is 12.8. The molecule has 0 fully saturated rings. The number of aliphatic hydroxyl groups is 1. The van der Waals surface area contributed by atoms with Gasteiger partial charge in [-0.1, -0.05) is 0 Å². The Morgan fingerprint density at radius 2 is 2.12 bits per heavy atom. The summed E-state index contributed by atoms with van der Waals surface area (Å²) >= 11 is 0. The molecule has 1 unspecified atom stereocenters. The molecule has 1 aromatic rings. The molecule has 0 aliphatic heterocycles. The second-order valence-electron chi connectivity index (χ2n) is 4.33. The molecular weight excluding hydrogens is 206 g/mol. The van der Waals surface area contributed by atoms with E-state index in [9.17, 15) is 9.90 Å². The first-order valence-corrected chi connectivity index (χ1v) is 5.46. The lowest BCUT2D eigenvalue weighted by Gasteiger charge is -2.27. The molecule has 0 bridgehead atoms. The Hall–Kier alpha value is -1.29. The lowest BCUT2D eigenvalue weighted by Crippen LogP contribution is -2.41. The molecule has 1 rings (SSSR count). The van der Waals surface area contributed by atoms with Gasteiger partial charge in [-0.3, -0.25) is 4.79 Å². The molecule has 0 aliphatic rings. The minimum absolute atomic E-state index is 0.0339. The van der Waals surface area contributed by atoms with Gasteiger partial charge in [-0.05, 0) is 33.8 Å². The minimum Gasteiger partial charge on any atom is -0.459 e. The fourth-order valence-electron chi connectivity index (χ4n) is 1.54. The van der Waals surface area contributed by atoms with E-state index in [0.29, 0.717) is 12.3 Å². The number of aryl methyl sites for hydroxylation is 1. The van der Waals surface area contributed by atoms with E-state index in [0.717, 1.165) is 5.56 Å². The zero-order chi connectivity index (χ0) is 12.3. The van der Waals surface area contributed by atoms with Crippen molar-refractivity contribution in [3.8, 4) is 0 Å². The minimum atomic E-state index is -0.540. The van der Waals surface area contributed by atoms with Crippen molar-refractivity contribution < 1.29 is 14.3 Å². The molecule has 1 atom stereocenters. The van der Waals surface area contributed by atoms with Crippen molar-refractivity contribution in [1.82, 2.24) is 4.90 Å². The first-order chi connectivity index (χ1) is 7.43. The Balaban J connectivity index is 2.88. The largest absolute Gasteiger partial charge is 0.459 e. The van der Waals surface area contributed by atoms with Gasteiger partial charge in [0.1, 0.15) is 0 Å². The van der Waals surface area contributed by atoms with Crippen LogP contribution in [0.15, 0.2) is 16.7 Å². The smallest absolute Gasteiger partial charge is 0.290 e. The Morgan fingerprint density at radius 1 is 1.50 bits per heavy atom. The van der Waals surface area contributed by atoms with E-state index in [4.69, 9.17) is 4.42 Å². The van der Waals surface area contributed by atoms with Crippen molar-refractivity contribution in [2.24, 2.45) is 0 Å². The summed E-state index contributed by atoms with van der Waals surface area (Å²) in [6, 6.07) is 1.79. The van der Waals surface area contributed by atoms with Gasteiger partial charge in [0.15, 0.2) is 5.76 Å². The summed E-state index contributed by atoms with van der Waals surface area (Å²) < 4.78 is 5.17. The number of furan rings is 1. The lowest BCUT2D eigenvalue weighted by molar-refractivity contribution is 0.0548. The zero-order valence-corrected chi connectivity index (χ0v) is 10.2. The van der Waals surface area contributed by atoms with Crippen molar-refractivity contribution in [3.05, 3.63) is 23.7 Å². The Bertz CT molecular complexity index is 355. The fraction of sp³-hybridized carbons (Fsp3) is 0.583. The van der Waals surface area contributed by atoms with Crippen molar-refractivity contribution in [2.45, 2.75) is 39.8 Å². The van der Waals surface area contributed by atoms with Crippen LogP contribution in [0.25, 0.3) is 0 Å². The van der Waals surface area contributed by atoms with Gasteiger partial charge in [0.25, 0.3) is 5.91 Å². The van der Waals surface area contributed by atoms with Crippen LogP contribution in [0.5, 0.6) is 0 Å². The van der Waals surface area contributed by atoms with E-state index in [1.165, 1.54) is 6.26 Å². The van der Waals surface area contributed by atoms with Crippen molar-refractivity contribution in [1.29, 1.82) is 0 Å². The highest BCUT2D eigenvalue weighted by molar-refractivity contribution is 5.93. The third-order valence-electron chi connectivity index (χ3n) is 2.40. The van der Waals surface area contributed by atoms with Gasteiger partial charge in [-0.15, -0.1) is 0 Å². The molecule has 0 aromatic carbocycles.